The van der Waals surface area contributed by atoms with Gasteiger partial charge in [-0.25, -0.2) is 9.67 Å². The Morgan fingerprint density at radius 1 is 1.03 bits per heavy atom. The molecule has 1 amide bonds. The highest BCUT2D eigenvalue weighted by molar-refractivity contribution is 5.83. The molecule has 0 bridgehead atoms. The van der Waals surface area contributed by atoms with Crippen molar-refractivity contribution in [1.29, 1.82) is 0 Å². The molecule has 0 atom stereocenters. The van der Waals surface area contributed by atoms with Crippen molar-refractivity contribution in [1.82, 2.24) is 24.6 Å². The molecule has 0 spiro atoms. The van der Waals surface area contributed by atoms with Crippen LogP contribution in [0.3, 0.4) is 0 Å². The number of hydrogen-bond acceptors (Lipinski definition) is 5. The molecular weight excluding hydrogens is 370 g/mol. The zero-order valence-corrected chi connectivity index (χ0v) is 16.0. The zero-order chi connectivity index (χ0) is 20.5. The van der Waals surface area contributed by atoms with E-state index in [2.05, 4.69) is 15.1 Å². The first kappa shape index (κ1) is 18.5. The van der Waals surface area contributed by atoms with Crippen molar-refractivity contribution in [3.63, 3.8) is 0 Å². The number of amides is 1. The standard InChI is InChI=1S/C21H19N5O3/c1-13-14-7-3-4-8-15(14)21(29)26(24-13)12-19(27)25(2)11-18-22-17-10-6-5-9-16(17)20(28)23-18/h3-10H,11-12H2,1-2H3,(H,22,23,28). The number of aryl methyl sites for hydroxylation is 1. The number of likely N-dealkylation sites (N-methyl/N-ethyl adjacent to an activating group) is 1. The Hall–Kier alpha value is -3.81. The van der Waals surface area contributed by atoms with Crippen LogP contribution >= 0.6 is 0 Å². The van der Waals surface area contributed by atoms with Gasteiger partial charge in [0.15, 0.2) is 0 Å². The van der Waals surface area contributed by atoms with E-state index >= 15 is 0 Å². The summed E-state index contributed by atoms with van der Waals surface area (Å²) in [7, 11) is 1.59. The molecule has 4 rings (SSSR count). The van der Waals surface area contributed by atoms with Gasteiger partial charge in [-0.3, -0.25) is 14.4 Å². The van der Waals surface area contributed by atoms with Crippen LogP contribution in [0.1, 0.15) is 11.5 Å². The number of nitrogens with one attached hydrogen (secondary N) is 1. The average Bonchev–Trinajstić information content (AvgIpc) is 2.72. The number of nitrogens with zero attached hydrogens (tertiary/aromatic N) is 4. The number of para-hydroxylation sites is 1. The van der Waals surface area contributed by atoms with E-state index < -0.39 is 0 Å². The summed E-state index contributed by atoms with van der Waals surface area (Å²) in [5.74, 6) is 0.0598. The van der Waals surface area contributed by atoms with E-state index in [1.807, 2.05) is 12.1 Å². The maximum Gasteiger partial charge on any atom is 0.275 e. The minimum atomic E-state index is -0.315. The van der Waals surface area contributed by atoms with Gasteiger partial charge in [0, 0.05) is 12.4 Å². The summed E-state index contributed by atoms with van der Waals surface area (Å²) in [6, 6.07) is 14.2. The molecule has 0 radical (unpaired) electrons. The summed E-state index contributed by atoms with van der Waals surface area (Å²) in [4.78, 5) is 46.0. The van der Waals surface area contributed by atoms with Crippen LogP contribution in [0.4, 0.5) is 0 Å². The van der Waals surface area contributed by atoms with E-state index in [1.54, 1.807) is 50.4 Å². The molecule has 29 heavy (non-hydrogen) atoms. The molecule has 0 saturated carbocycles. The van der Waals surface area contributed by atoms with Gasteiger partial charge in [-0.05, 0) is 25.1 Å². The van der Waals surface area contributed by atoms with Gasteiger partial charge < -0.3 is 9.88 Å². The second kappa shape index (κ2) is 7.31. The summed E-state index contributed by atoms with van der Waals surface area (Å²) in [6.07, 6.45) is 0. The third kappa shape index (κ3) is 3.52. The largest absolute Gasteiger partial charge is 0.337 e. The molecule has 0 aliphatic carbocycles. The molecular formula is C21H19N5O3. The number of benzene rings is 2. The lowest BCUT2D eigenvalue weighted by Gasteiger charge is -2.17. The average molecular weight is 389 g/mol. The highest BCUT2D eigenvalue weighted by Gasteiger charge is 2.15. The monoisotopic (exact) mass is 389 g/mol. The Morgan fingerprint density at radius 2 is 1.69 bits per heavy atom. The molecule has 1 N–H and O–H groups in total. The fourth-order valence-corrected chi connectivity index (χ4v) is 3.28. The van der Waals surface area contributed by atoms with Crippen LogP contribution in [-0.2, 0) is 17.9 Å². The van der Waals surface area contributed by atoms with E-state index in [4.69, 9.17) is 0 Å². The first-order valence-electron chi connectivity index (χ1n) is 9.12. The Labute approximate surface area is 165 Å². The quantitative estimate of drug-likeness (QED) is 0.571. The summed E-state index contributed by atoms with van der Waals surface area (Å²) in [6.45, 7) is 1.72. The highest BCUT2D eigenvalue weighted by atomic mass is 16.2. The summed E-state index contributed by atoms with van der Waals surface area (Å²) in [5, 5.41) is 6.06. The number of aromatic nitrogens is 4. The Bertz CT molecular complexity index is 1360. The van der Waals surface area contributed by atoms with Crippen molar-refractivity contribution in [2.45, 2.75) is 20.0 Å². The number of H-pyrrole nitrogens is 1. The second-order valence-corrected chi connectivity index (χ2v) is 6.87. The summed E-state index contributed by atoms with van der Waals surface area (Å²) >= 11 is 0. The van der Waals surface area contributed by atoms with Crippen LogP contribution in [0.2, 0.25) is 0 Å². The highest BCUT2D eigenvalue weighted by Crippen LogP contribution is 2.12. The van der Waals surface area contributed by atoms with Crippen LogP contribution in [-0.4, -0.2) is 37.6 Å². The van der Waals surface area contributed by atoms with Gasteiger partial charge >= 0.3 is 0 Å². The molecule has 0 unspecified atom stereocenters. The van der Waals surface area contributed by atoms with Gasteiger partial charge in [0.25, 0.3) is 11.1 Å². The minimum Gasteiger partial charge on any atom is -0.337 e. The van der Waals surface area contributed by atoms with Gasteiger partial charge in [0.05, 0.1) is 28.5 Å². The van der Waals surface area contributed by atoms with E-state index in [-0.39, 0.29) is 30.1 Å². The Morgan fingerprint density at radius 3 is 2.45 bits per heavy atom. The summed E-state index contributed by atoms with van der Waals surface area (Å²) in [5.41, 5.74) is 0.672. The fourth-order valence-electron chi connectivity index (χ4n) is 3.28. The first-order valence-corrected chi connectivity index (χ1v) is 9.12. The fraction of sp³-hybridized carbons (Fsp3) is 0.190. The smallest absolute Gasteiger partial charge is 0.275 e. The lowest BCUT2D eigenvalue weighted by Crippen LogP contribution is -2.35. The molecule has 146 valence electrons. The van der Waals surface area contributed by atoms with Gasteiger partial charge in [-0.15, -0.1) is 0 Å². The SMILES string of the molecule is Cc1nn(CC(=O)N(C)Cc2nc3ccccc3c(=O)[nH]2)c(=O)c2ccccc12. The van der Waals surface area contributed by atoms with Gasteiger partial charge in [0.2, 0.25) is 5.91 Å². The Kier molecular flexibility index (Phi) is 4.67. The van der Waals surface area contributed by atoms with E-state index in [0.29, 0.717) is 27.8 Å². The molecule has 0 aliphatic heterocycles. The van der Waals surface area contributed by atoms with Crippen molar-refractivity contribution < 1.29 is 4.79 Å². The topological polar surface area (TPSA) is 101 Å². The van der Waals surface area contributed by atoms with Crippen molar-refractivity contribution in [3.05, 3.63) is 80.8 Å². The number of carbonyl (C=O) groups is 1. The van der Waals surface area contributed by atoms with E-state index in [9.17, 15) is 14.4 Å². The maximum atomic E-state index is 12.7. The summed E-state index contributed by atoms with van der Waals surface area (Å²) < 4.78 is 1.17. The molecule has 2 aromatic carbocycles. The molecule has 0 fully saturated rings. The van der Waals surface area contributed by atoms with E-state index in [1.165, 1.54) is 9.58 Å². The second-order valence-electron chi connectivity index (χ2n) is 6.87. The van der Waals surface area contributed by atoms with Crippen LogP contribution in [0.15, 0.2) is 58.1 Å². The van der Waals surface area contributed by atoms with Gasteiger partial charge in [-0.2, -0.15) is 5.10 Å². The van der Waals surface area contributed by atoms with Crippen molar-refractivity contribution >= 4 is 27.6 Å². The zero-order valence-electron chi connectivity index (χ0n) is 16.0. The first-order chi connectivity index (χ1) is 13.9. The van der Waals surface area contributed by atoms with Crippen molar-refractivity contribution in [3.8, 4) is 0 Å². The molecule has 4 aromatic rings. The lowest BCUT2D eigenvalue weighted by atomic mass is 10.1. The normalized spacial score (nSPS) is 11.1. The number of aromatic amines is 1. The number of fused-ring (bicyclic) bond motifs is 2. The predicted molar refractivity (Wildman–Crippen MR) is 110 cm³/mol. The maximum absolute atomic E-state index is 12.7. The third-order valence-electron chi connectivity index (χ3n) is 4.81. The lowest BCUT2D eigenvalue weighted by molar-refractivity contribution is -0.131. The van der Waals surface area contributed by atoms with Gasteiger partial charge in [-0.1, -0.05) is 30.3 Å². The number of carbonyl (C=O) groups excluding carboxylic acids is 1. The van der Waals surface area contributed by atoms with Crippen molar-refractivity contribution in [2.75, 3.05) is 7.05 Å². The molecule has 2 heterocycles. The number of rotatable bonds is 4. The molecule has 8 heteroatoms. The van der Waals surface area contributed by atoms with Crippen molar-refractivity contribution in [2.24, 2.45) is 0 Å². The van der Waals surface area contributed by atoms with E-state index in [0.717, 1.165) is 5.39 Å². The third-order valence-corrected chi connectivity index (χ3v) is 4.81. The van der Waals surface area contributed by atoms with Crippen LogP contribution in [0, 0.1) is 6.92 Å². The molecule has 0 aliphatic rings. The van der Waals surface area contributed by atoms with Crippen LogP contribution in [0.25, 0.3) is 21.7 Å². The van der Waals surface area contributed by atoms with Crippen LogP contribution in [0.5, 0.6) is 0 Å². The van der Waals surface area contributed by atoms with Crippen LogP contribution < -0.4 is 11.1 Å². The molecule has 0 saturated heterocycles. The minimum absolute atomic E-state index is 0.111. The number of hydrogen-bond donors (Lipinski definition) is 1. The molecule has 8 nitrogen and oxygen atoms in total. The Balaban J connectivity index is 1.58. The molecule has 2 aromatic heterocycles. The van der Waals surface area contributed by atoms with Gasteiger partial charge in [0.1, 0.15) is 12.4 Å². The predicted octanol–water partition coefficient (Wildman–Crippen LogP) is 1.60.